The van der Waals surface area contributed by atoms with E-state index in [2.05, 4.69) is 6.92 Å². The van der Waals surface area contributed by atoms with Gasteiger partial charge in [-0.1, -0.05) is 69.0 Å². The molecule has 0 atom stereocenters. The van der Waals surface area contributed by atoms with Gasteiger partial charge in [0.15, 0.2) is 0 Å². The van der Waals surface area contributed by atoms with Crippen LogP contribution < -0.4 is 39.4 Å². The molecular weight excluding hydrogens is 375 g/mol. The first-order chi connectivity index (χ1) is 12.4. The third-order valence-corrected chi connectivity index (χ3v) is 5.07. The first kappa shape index (κ1) is 24.0. The number of ether oxygens (including phenoxy) is 1. The number of unbranched alkanes of at least 4 members (excludes halogenated alkanes) is 5. The Bertz CT molecular complexity index is 821. The molecule has 0 bridgehead atoms. The normalized spacial score (nSPS) is 11.0. The Morgan fingerprint density at radius 3 is 2.33 bits per heavy atom. The fourth-order valence-corrected chi connectivity index (χ4v) is 3.38. The SMILES string of the molecule is CCCCCCCCc1ccc([O-])c(Oc2ccccc2S(=O)(=O)O)c1.[Na+]. The second-order valence-corrected chi connectivity index (χ2v) is 7.71. The van der Waals surface area contributed by atoms with Crippen molar-refractivity contribution in [2.75, 3.05) is 0 Å². The van der Waals surface area contributed by atoms with E-state index in [1.807, 2.05) is 0 Å². The topological polar surface area (TPSA) is 86.7 Å². The third-order valence-electron chi connectivity index (χ3n) is 4.17. The van der Waals surface area contributed by atoms with Crippen LogP contribution in [-0.4, -0.2) is 13.0 Å². The number of para-hydroxylation sites is 1. The molecule has 0 unspecified atom stereocenters. The number of hydrogen-bond acceptors (Lipinski definition) is 4. The molecule has 142 valence electrons. The molecule has 0 fully saturated rings. The van der Waals surface area contributed by atoms with E-state index in [1.165, 1.54) is 49.9 Å². The summed E-state index contributed by atoms with van der Waals surface area (Å²) in [6.45, 7) is 2.19. The number of hydrogen-bond donors (Lipinski definition) is 1. The summed E-state index contributed by atoms with van der Waals surface area (Å²) >= 11 is 0. The molecule has 2 aromatic carbocycles. The van der Waals surface area contributed by atoms with Gasteiger partial charge in [0, 0.05) is 0 Å². The molecule has 0 aliphatic carbocycles. The van der Waals surface area contributed by atoms with E-state index in [-0.39, 0.29) is 51.7 Å². The van der Waals surface area contributed by atoms with E-state index >= 15 is 0 Å². The summed E-state index contributed by atoms with van der Waals surface area (Å²) in [7, 11) is -4.43. The molecule has 27 heavy (non-hydrogen) atoms. The molecule has 0 heterocycles. The van der Waals surface area contributed by atoms with Gasteiger partial charge in [-0.25, -0.2) is 0 Å². The van der Waals surface area contributed by atoms with Crippen LogP contribution in [0, 0.1) is 0 Å². The molecule has 0 saturated heterocycles. The van der Waals surface area contributed by atoms with Gasteiger partial charge >= 0.3 is 29.6 Å². The largest absolute Gasteiger partial charge is 1.00 e. The van der Waals surface area contributed by atoms with Crippen LogP contribution in [-0.2, 0) is 16.5 Å². The van der Waals surface area contributed by atoms with Crippen LogP contribution in [0.1, 0.15) is 51.0 Å². The van der Waals surface area contributed by atoms with Crippen molar-refractivity contribution < 1.29 is 52.4 Å². The van der Waals surface area contributed by atoms with Gasteiger partial charge in [-0.3, -0.25) is 4.55 Å². The van der Waals surface area contributed by atoms with Gasteiger partial charge in [0.2, 0.25) is 0 Å². The molecule has 0 spiro atoms. The summed E-state index contributed by atoms with van der Waals surface area (Å²) in [5, 5.41) is 12.0. The maximum Gasteiger partial charge on any atom is 1.00 e. The van der Waals surface area contributed by atoms with Crippen molar-refractivity contribution >= 4 is 10.1 Å². The predicted octanol–water partition coefficient (Wildman–Crippen LogP) is 1.71. The number of benzene rings is 2. The Morgan fingerprint density at radius 1 is 0.963 bits per heavy atom. The second-order valence-electron chi connectivity index (χ2n) is 6.32. The molecule has 0 saturated carbocycles. The summed E-state index contributed by atoms with van der Waals surface area (Å²) in [5.74, 6) is -0.338. The van der Waals surface area contributed by atoms with Crippen molar-refractivity contribution in [1.82, 2.24) is 0 Å². The Morgan fingerprint density at radius 2 is 1.63 bits per heavy atom. The Hall–Kier alpha value is -1.05. The van der Waals surface area contributed by atoms with Crippen molar-refractivity contribution in [1.29, 1.82) is 0 Å². The minimum Gasteiger partial charge on any atom is -0.870 e. The van der Waals surface area contributed by atoms with Crippen LogP contribution in [0.5, 0.6) is 17.2 Å². The smallest absolute Gasteiger partial charge is 0.870 e. The Labute approximate surface area is 183 Å². The van der Waals surface area contributed by atoms with Gasteiger partial charge in [0.1, 0.15) is 16.4 Å². The zero-order valence-electron chi connectivity index (χ0n) is 16.0. The first-order valence-electron chi connectivity index (χ1n) is 8.96. The van der Waals surface area contributed by atoms with E-state index < -0.39 is 10.1 Å². The van der Waals surface area contributed by atoms with E-state index in [1.54, 1.807) is 18.2 Å². The van der Waals surface area contributed by atoms with Gasteiger partial charge in [-0.15, -0.1) is 0 Å². The number of aryl methyl sites for hydroxylation is 1. The van der Waals surface area contributed by atoms with E-state index in [4.69, 9.17) is 4.74 Å². The molecule has 2 rings (SSSR count). The van der Waals surface area contributed by atoms with Crippen molar-refractivity contribution in [2.45, 2.75) is 56.8 Å². The minimum atomic E-state index is -4.43. The van der Waals surface area contributed by atoms with Gasteiger partial charge in [-0.2, -0.15) is 8.42 Å². The monoisotopic (exact) mass is 400 g/mol. The van der Waals surface area contributed by atoms with Crippen LogP contribution >= 0.6 is 0 Å². The van der Waals surface area contributed by atoms with Crippen molar-refractivity contribution in [2.24, 2.45) is 0 Å². The van der Waals surface area contributed by atoms with E-state index in [0.29, 0.717) is 0 Å². The molecule has 0 radical (unpaired) electrons. The maximum atomic E-state index is 12.0. The maximum absolute atomic E-state index is 12.0. The van der Waals surface area contributed by atoms with Crippen LogP contribution in [0.25, 0.3) is 0 Å². The molecule has 0 aromatic heterocycles. The summed E-state index contributed by atoms with van der Waals surface area (Å²) in [6.07, 6.45) is 7.94. The molecule has 0 aliphatic rings. The first-order valence-corrected chi connectivity index (χ1v) is 10.4. The van der Waals surface area contributed by atoms with Gasteiger partial charge < -0.3 is 9.84 Å². The van der Waals surface area contributed by atoms with E-state index in [9.17, 15) is 18.1 Å². The van der Waals surface area contributed by atoms with Crippen LogP contribution in [0.3, 0.4) is 0 Å². The summed E-state index contributed by atoms with van der Waals surface area (Å²) in [4.78, 5) is -0.360. The van der Waals surface area contributed by atoms with Crippen LogP contribution in [0.15, 0.2) is 47.4 Å². The van der Waals surface area contributed by atoms with Crippen LogP contribution in [0.2, 0.25) is 0 Å². The zero-order valence-corrected chi connectivity index (χ0v) is 18.8. The molecule has 0 aliphatic heterocycles. The van der Waals surface area contributed by atoms with Crippen molar-refractivity contribution in [3.63, 3.8) is 0 Å². The van der Waals surface area contributed by atoms with Gasteiger partial charge in [0.05, 0.1) is 0 Å². The third kappa shape index (κ3) is 7.84. The molecule has 7 heteroatoms. The standard InChI is InChI=1S/C20H26O5S.Na/c1-2-3-4-5-6-7-10-16-13-14-17(21)19(15-16)25-18-11-8-9-12-20(18)26(22,23)24;/h8-9,11-15,21H,2-7,10H2,1H3,(H,22,23,24);/q;+1/p-1. The van der Waals surface area contributed by atoms with Gasteiger partial charge in [0.25, 0.3) is 10.1 Å². The van der Waals surface area contributed by atoms with Crippen LogP contribution in [0.4, 0.5) is 0 Å². The zero-order chi connectivity index (χ0) is 19.0. The predicted molar refractivity (Wildman–Crippen MR) is 99.3 cm³/mol. The molecule has 2 aromatic rings. The average molecular weight is 400 g/mol. The fourth-order valence-electron chi connectivity index (χ4n) is 2.76. The quantitative estimate of drug-likeness (QED) is 0.373. The summed E-state index contributed by atoms with van der Waals surface area (Å²) in [5.41, 5.74) is 0.972. The molecule has 1 N–H and O–H groups in total. The average Bonchev–Trinajstić information content (AvgIpc) is 2.60. The second kappa shape index (κ2) is 11.7. The molecule has 5 nitrogen and oxygen atoms in total. The fraction of sp³-hybridized carbons (Fsp3) is 0.400. The Balaban J connectivity index is 0.00000364. The number of rotatable bonds is 10. The van der Waals surface area contributed by atoms with Gasteiger partial charge in [-0.05, 0) is 36.6 Å². The minimum absolute atomic E-state index is 0. The Kier molecular flexibility index (Phi) is 10.4. The van der Waals surface area contributed by atoms with Crippen molar-refractivity contribution in [3.05, 3.63) is 48.0 Å². The molecule has 0 amide bonds. The summed E-state index contributed by atoms with van der Waals surface area (Å²) < 4.78 is 37.7. The molecular formula is C20H25NaO5S. The van der Waals surface area contributed by atoms with Crippen molar-refractivity contribution in [3.8, 4) is 17.2 Å². The summed E-state index contributed by atoms with van der Waals surface area (Å²) in [6, 6.07) is 10.5. The van der Waals surface area contributed by atoms with E-state index in [0.717, 1.165) is 24.8 Å².